The van der Waals surface area contributed by atoms with Crippen molar-refractivity contribution in [2.45, 2.75) is 52.2 Å². The molecule has 0 saturated carbocycles. The van der Waals surface area contributed by atoms with Crippen molar-refractivity contribution in [3.63, 3.8) is 0 Å². The first-order chi connectivity index (χ1) is 6.18. The summed E-state index contributed by atoms with van der Waals surface area (Å²) in [5, 5.41) is 9.63. The quantitative estimate of drug-likeness (QED) is 0.785. The van der Waals surface area contributed by atoms with Gasteiger partial charge in [-0.2, -0.15) is 0 Å². The van der Waals surface area contributed by atoms with Gasteiger partial charge in [0.05, 0.1) is 24.2 Å². The zero-order valence-corrected chi connectivity index (χ0v) is 9.70. The van der Waals surface area contributed by atoms with Crippen molar-refractivity contribution in [1.29, 1.82) is 0 Å². The van der Waals surface area contributed by atoms with E-state index in [1.54, 1.807) is 20.2 Å². The summed E-state index contributed by atoms with van der Waals surface area (Å²) in [6, 6.07) is 0. The molecule has 1 aromatic rings. The van der Waals surface area contributed by atoms with E-state index in [-0.39, 0.29) is 5.41 Å². The number of nitrogens with zero attached hydrogens (tertiary/aromatic N) is 2. The summed E-state index contributed by atoms with van der Waals surface area (Å²) >= 11 is 0. The summed E-state index contributed by atoms with van der Waals surface area (Å²) in [7, 11) is 0. The van der Waals surface area contributed by atoms with E-state index in [1.165, 1.54) is 0 Å². The van der Waals surface area contributed by atoms with Gasteiger partial charge in [-0.25, -0.2) is 4.98 Å². The molecule has 14 heavy (non-hydrogen) atoms. The normalized spacial score (nSPS) is 13.3. The molecule has 0 amide bonds. The molecule has 1 rings (SSSR count). The van der Waals surface area contributed by atoms with Crippen LogP contribution < -0.4 is 0 Å². The monoisotopic (exact) mass is 196 g/mol. The predicted molar refractivity (Wildman–Crippen MR) is 57.2 cm³/mol. The Balaban J connectivity index is 2.79. The lowest BCUT2D eigenvalue weighted by atomic mass is 9.93. The van der Waals surface area contributed by atoms with Gasteiger partial charge in [0, 0.05) is 11.6 Å². The lowest BCUT2D eigenvalue weighted by Gasteiger charge is -2.18. The zero-order valence-electron chi connectivity index (χ0n) is 9.70. The van der Waals surface area contributed by atoms with Gasteiger partial charge in [0.25, 0.3) is 0 Å². The Labute approximate surface area is 85.8 Å². The van der Waals surface area contributed by atoms with Gasteiger partial charge in [-0.3, -0.25) is 0 Å². The summed E-state index contributed by atoms with van der Waals surface area (Å²) in [5.41, 5.74) is 0.447. The van der Waals surface area contributed by atoms with E-state index in [2.05, 4.69) is 25.8 Å². The van der Waals surface area contributed by atoms with Crippen molar-refractivity contribution in [2.24, 2.45) is 0 Å². The number of aromatic nitrogens is 2. The maximum Gasteiger partial charge on any atom is 0.0950 e. The van der Waals surface area contributed by atoms with Crippen LogP contribution in [0.5, 0.6) is 0 Å². The second kappa shape index (κ2) is 3.39. The van der Waals surface area contributed by atoms with Crippen LogP contribution in [0.3, 0.4) is 0 Å². The SMILES string of the molecule is CC(C)(O)Cn1cnc(C(C)(C)C)c1. The molecule has 3 nitrogen and oxygen atoms in total. The van der Waals surface area contributed by atoms with Crippen LogP contribution in [0.4, 0.5) is 0 Å². The van der Waals surface area contributed by atoms with Gasteiger partial charge >= 0.3 is 0 Å². The number of hydrogen-bond donors (Lipinski definition) is 1. The van der Waals surface area contributed by atoms with E-state index >= 15 is 0 Å². The second-order valence-electron chi connectivity index (χ2n) is 5.49. The fourth-order valence-electron chi connectivity index (χ4n) is 1.28. The molecule has 0 aliphatic rings. The van der Waals surface area contributed by atoms with Gasteiger partial charge in [-0.15, -0.1) is 0 Å². The maximum atomic E-state index is 9.63. The summed E-state index contributed by atoms with van der Waals surface area (Å²) < 4.78 is 1.93. The minimum atomic E-state index is -0.685. The molecular weight excluding hydrogens is 176 g/mol. The summed E-state index contributed by atoms with van der Waals surface area (Å²) in [4.78, 5) is 4.32. The third kappa shape index (κ3) is 3.14. The van der Waals surface area contributed by atoms with E-state index in [9.17, 15) is 5.11 Å². The Morgan fingerprint density at radius 1 is 1.29 bits per heavy atom. The first kappa shape index (κ1) is 11.2. The van der Waals surface area contributed by atoms with Crippen molar-refractivity contribution in [2.75, 3.05) is 0 Å². The summed E-state index contributed by atoms with van der Waals surface area (Å²) in [5.74, 6) is 0. The van der Waals surface area contributed by atoms with Crippen LogP contribution in [0, 0.1) is 0 Å². The van der Waals surface area contributed by atoms with Crippen molar-refractivity contribution in [3.8, 4) is 0 Å². The van der Waals surface area contributed by atoms with Crippen LogP contribution in [0.15, 0.2) is 12.5 Å². The summed E-state index contributed by atoms with van der Waals surface area (Å²) in [6.07, 6.45) is 3.77. The molecule has 0 fully saturated rings. The molecule has 0 saturated heterocycles. The Hall–Kier alpha value is -0.830. The van der Waals surface area contributed by atoms with Crippen LogP contribution >= 0.6 is 0 Å². The van der Waals surface area contributed by atoms with Gasteiger partial charge in [-0.05, 0) is 13.8 Å². The van der Waals surface area contributed by atoms with E-state index in [4.69, 9.17) is 0 Å². The second-order valence-corrected chi connectivity index (χ2v) is 5.49. The van der Waals surface area contributed by atoms with Gasteiger partial charge in [0.1, 0.15) is 0 Å². The van der Waals surface area contributed by atoms with Gasteiger partial charge < -0.3 is 9.67 Å². The number of aliphatic hydroxyl groups is 1. The molecule has 0 unspecified atom stereocenters. The average molecular weight is 196 g/mol. The standard InChI is InChI=1S/C11H20N2O/c1-10(2,3)9-6-13(8-12-9)7-11(4,5)14/h6,8,14H,7H2,1-5H3. The van der Waals surface area contributed by atoms with Gasteiger partial charge in [0.15, 0.2) is 0 Å². The molecule has 1 N–H and O–H groups in total. The Morgan fingerprint density at radius 3 is 2.21 bits per heavy atom. The molecule has 0 radical (unpaired) electrons. The fourth-order valence-corrected chi connectivity index (χ4v) is 1.28. The highest BCUT2D eigenvalue weighted by Gasteiger charge is 2.18. The van der Waals surface area contributed by atoms with Crippen LogP contribution in [0.25, 0.3) is 0 Å². The van der Waals surface area contributed by atoms with Crippen molar-refractivity contribution in [3.05, 3.63) is 18.2 Å². The largest absolute Gasteiger partial charge is 0.389 e. The fraction of sp³-hybridized carbons (Fsp3) is 0.727. The predicted octanol–water partition coefficient (Wildman–Crippen LogP) is 1.95. The van der Waals surface area contributed by atoms with Crippen molar-refractivity contribution >= 4 is 0 Å². The first-order valence-electron chi connectivity index (χ1n) is 4.93. The molecule has 3 heteroatoms. The Kier molecular flexibility index (Phi) is 2.72. The molecule has 0 aliphatic carbocycles. The molecule has 0 bridgehead atoms. The van der Waals surface area contributed by atoms with Crippen molar-refractivity contribution < 1.29 is 5.11 Å². The molecule has 80 valence electrons. The minimum Gasteiger partial charge on any atom is -0.389 e. The molecule has 0 spiro atoms. The van der Waals surface area contributed by atoms with E-state index < -0.39 is 5.60 Å². The molecule has 0 atom stereocenters. The zero-order chi connectivity index (χ0) is 11.0. The molecular formula is C11H20N2O. The summed E-state index contributed by atoms with van der Waals surface area (Å²) in [6.45, 7) is 10.6. The Bertz CT molecular complexity index is 302. The van der Waals surface area contributed by atoms with Crippen LogP contribution in [0.1, 0.15) is 40.3 Å². The maximum absolute atomic E-state index is 9.63. The van der Waals surface area contributed by atoms with E-state index in [0.29, 0.717) is 6.54 Å². The topological polar surface area (TPSA) is 38.0 Å². The first-order valence-corrected chi connectivity index (χ1v) is 4.93. The smallest absolute Gasteiger partial charge is 0.0950 e. The molecule has 0 aromatic carbocycles. The highest BCUT2D eigenvalue weighted by molar-refractivity contribution is 5.09. The van der Waals surface area contributed by atoms with E-state index in [0.717, 1.165) is 5.69 Å². The Morgan fingerprint density at radius 2 is 1.86 bits per heavy atom. The number of imidazole rings is 1. The van der Waals surface area contributed by atoms with Gasteiger partial charge in [-0.1, -0.05) is 20.8 Å². The lowest BCUT2D eigenvalue weighted by molar-refractivity contribution is 0.0614. The van der Waals surface area contributed by atoms with Crippen LogP contribution in [0.2, 0.25) is 0 Å². The average Bonchev–Trinajstić information content (AvgIpc) is 2.29. The van der Waals surface area contributed by atoms with E-state index in [1.807, 2.05) is 10.8 Å². The highest BCUT2D eigenvalue weighted by atomic mass is 16.3. The molecule has 1 aromatic heterocycles. The van der Waals surface area contributed by atoms with Crippen LogP contribution in [-0.4, -0.2) is 20.3 Å². The molecule has 0 aliphatic heterocycles. The lowest BCUT2D eigenvalue weighted by Crippen LogP contribution is -2.25. The minimum absolute atomic E-state index is 0.0743. The van der Waals surface area contributed by atoms with Crippen molar-refractivity contribution in [1.82, 2.24) is 9.55 Å². The van der Waals surface area contributed by atoms with Crippen LogP contribution in [-0.2, 0) is 12.0 Å². The molecule has 1 heterocycles. The number of rotatable bonds is 2. The highest BCUT2D eigenvalue weighted by Crippen LogP contribution is 2.20. The van der Waals surface area contributed by atoms with Gasteiger partial charge in [0.2, 0.25) is 0 Å². The number of hydrogen-bond acceptors (Lipinski definition) is 2. The third-order valence-corrected chi connectivity index (χ3v) is 1.97. The third-order valence-electron chi connectivity index (χ3n) is 1.97.